The summed E-state index contributed by atoms with van der Waals surface area (Å²) in [5.74, 6) is 0. The minimum atomic E-state index is 0. The summed E-state index contributed by atoms with van der Waals surface area (Å²) in [4.78, 5) is 3.62. The molecule has 0 aromatic heterocycles. The van der Waals surface area contributed by atoms with Gasteiger partial charge in [-0.05, 0) is 41.7 Å². The van der Waals surface area contributed by atoms with Crippen molar-refractivity contribution < 1.29 is 17.4 Å². The Morgan fingerprint density at radius 3 is 2.03 bits per heavy atom. The Morgan fingerprint density at radius 2 is 1.38 bits per heavy atom. The fourth-order valence-electron chi connectivity index (χ4n) is 3.40. The number of rotatable bonds is 2. The first-order valence-electron chi connectivity index (χ1n) is 9.80. The molecule has 1 aliphatic heterocycles. The molecule has 1 aliphatic rings. The molecule has 0 bridgehead atoms. The molecule has 0 aliphatic carbocycles. The lowest BCUT2D eigenvalue weighted by Crippen LogP contribution is -3.00. The number of hydrogen-bond donors (Lipinski definition) is 2. The maximum atomic E-state index is 3.62. The SMILES string of the molecule is Cc1ccc(C2=CC(c3ccc(C(C)(C)C)cc3)=[NH+]c3ccccc3N2)cc1.[Cl-]. The van der Waals surface area contributed by atoms with E-state index in [2.05, 4.69) is 117 Å². The van der Waals surface area contributed by atoms with Crippen molar-refractivity contribution in [3.63, 3.8) is 0 Å². The third kappa shape index (κ3) is 4.60. The maximum absolute atomic E-state index is 3.62. The predicted molar refractivity (Wildman–Crippen MR) is 119 cm³/mol. The van der Waals surface area contributed by atoms with Crippen LogP contribution in [0.25, 0.3) is 5.70 Å². The highest BCUT2D eigenvalue weighted by Gasteiger charge is 2.20. The van der Waals surface area contributed by atoms with Crippen molar-refractivity contribution in [1.29, 1.82) is 0 Å². The number of allylic oxidation sites excluding steroid dienone is 1. The normalized spacial score (nSPS) is 13.2. The van der Waals surface area contributed by atoms with E-state index >= 15 is 0 Å². The van der Waals surface area contributed by atoms with Gasteiger partial charge in [0.15, 0.2) is 0 Å². The molecule has 0 spiro atoms. The highest BCUT2D eigenvalue weighted by atomic mass is 35.5. The van der Waals surface area contributed by atoms with E-state index in [4.69, 9.17) is 0 Å². The summed E-state index contributed by atoms with van der Waals surface area (Å²) in [6.07, 6.45) is 2.21. The van der Waals surface area contributed by atoms with Crippen LogP contribution in [0, 0.1) is 6.92 Å². The smallest absolute Gasteiger partial charge is 0.227 e. The van der Waals surface area contributed by atoms with E-state index in [0.29, 0.717) is 0 Å². The lowest BCUT2D eigenvalue weighted by molar-refractivity contribution is -0.350. The van der Waals surface area contributed by atoms with Gasteiger partial charge in [-0.25, -0.2) is 4.99 Å². The highest BCUT2D eigenvalue weighted by molar-refractivity contribution is 6.11. The highest BCUT2D eigenvalue weighted by Crippen LogP contribution is 2.26. The van der Waals surface area contributed by atoms with E-state index in [0.717, 1.165) is 22.8 Å². The quantitative estimate of drug-likeness (QED) is 0.673. The van der Waals surface area contributed by atoms with Gasteiger partial charge in [0, 0.05) is 17.7 Å². The lowest BCUT2D eigenvalue weighted by Gasteiger charge is -2.18. The van der Waals surface area contributed by atoms with Gasteiger partial charge in [0.05, 0.1) is 5.70 Å². The van der Waals surface area contributed by atoms with E-state index in [1.165, 1.54) is 22.3 Å². The number of para-hydroxylation sites is 2. The zero-order chi connectivity index (χ0) is 19.7. The molecule has 0 unspecified atom stereocenters. The number of fused-ring (bicyclic) bond motifs is 1. The van der Waals surface area contributed by atoms with Gasteiger partial charge < -0.3 is 17.7 Å². The van der Waals surface area contributed by atoms with Gasteiger partial charge >= 0.3 is 0 Å². The Balaban J connectivity index is 0.00000240. The number of aryl methyl sites for hydroxylation is 1. The molecular weight excluding hydrogens is 376 g/mol. The summed E-state index contributed by atoms with van der Waals surface area (Å²) in [7, 11) is 0. The molecule has 0 saturated carbocycles. The van der Waals surface area contributed by atoms with Gasteiger partial charge in [-0.1, -0.05) is 74.9 Å². The Bertz CT molecular complexity index is 1050. The van der Waals surface area contributed by atoms with Crippen LogP contribution < -0.4 is 22.7 Å². The van der Waals surface area contributed by atoms with Crippen LogP contribution in [0.1, 0.15) is 43.0 Å². The van der Waals surface area contributed by atoms with Crippen LogP contribution in [0.5, 0.6) is 0 Å². The summed E-state index contributed by atoms with van der Waals surface area (Å²) >= 11 is 0. The van der Waals surface area contributed by atoms with Crippen molar-refractivity contribution in [2.24, 2.45) is 0 Å². The summed E-state index contributed by atoms with van der Waals surface area (Å²) in [6, 6.07) is 25.9. The van der Waals surface area contributed by atoms with Crippen LogP contribution in [-0.2, 0) is 5.41 Å². The first-order chi connectivity index (χ1) is 13.4. The van der Waals surface area contributed by atoms with Crippen molar-refractivity contribution in [2.45, 2.75) is 33.1 Å². The molecule has 0 atom stereocenters. The second kappa shape index (κ2) is 8.26. The molecule has 0 amide bonds. The van der Waals surface area contributed by atoms with Crippen molar-refractivity contribution in [1.82, 2.24) is 0 Å². The molecule has 2 N–H and O–H groups in total. The lowest BCUT2D eigenvalue weighted by atomic mass is 9.86. The zero-order valence-electron chi connectivity index (χ0n) is 17.4. The monoisotopic (exact) mass is 402 g/mol. The van der Waals surface area contributed by atoms with E-state index in [9.17, 15) is 0 Å². The molecule has 0 radical (unpaired) electrons. The van der Waals surface area contributed by atoms with Crippen molar-refractivity contribution in [2.75, 3.05) is 5.32 Å². The van der Waals surface area contributed by atoms with Gasteiger partial charge in [-0.15, -0.1) is 0 Å². The molecule has 2 nitrogen and oxygen atoms in total. The minimum Gasteiger partial charge on any atom is -1.00 e. The number of anilines is 1. The molecule has 29 heavy (non-hydrogen) atoms. The first-order valence-corrected chi connectivity index (χ1v) is 9.80. The molecule has 0 fully saturated rings. The van der Waals surface area contributed by atoms with Crippen LogP contribution in [-0.4, -0.2) is 5.71 Å². The number of nitrogens with one attached hydrogen (secondary N) is 2. The zero-order valence-corrected chi connectivity index (χ0v) is 18.1. The van der Waals surface area contributed by atoms with Gasteiger partial charge in [0.25, 0.3) is 0 Å². The van der Waals surface area contributed by atoms with Gasteiger partial charge in [0.1, 0.15) is 5.69 Å². The molecule has 3 aromatic carbocycles. The molecule has 3 heteroatoms. The predicted octanol–water partition coefficient (Wildman–Crippen LogP) is 1.96. The van der Waals surface area contributed by atoms with Gasteiger partial charge in [-0.3, -0.25) is 0 Å². The number of halogens is 1. The Hall–Kier alpha value is -2.84. The Morgan fingerprint density at radius 1 is 0.759 bits per heavy atom. The fourth-order valence-corrected chi connectivity index (χ4v) is 3.40. The maximum Gasteiger partial charge on any atom is 0.227 e. The second-order valence-corrected chi connectivity index (χ2v) is 8.46. The van der Waals surface area contributed by atoms with E-state index in [1.54, 1.807) is 0 Å². The fraction of sp³-hybridized carbons (Fsp3) is 0.192. The number of hydrogen-bond acceptors (Lipinski definition) is 1. The summed E-state index contributed by atoms with van der Waals surface area (Å²) in [5, 5.41) is 3.61. The molecular formula is C26H27ClN2. The molecule has 0 saturated heterocycles. The molecule has 148 valence electrons. The minimum absolute atomic E-state index is 0. The standard InChI is InChI=1S/C26H26N2.ClH/c1-18-9-11-19(12-10-18)24-17-25(28-23-8-6-5-7-22(23)27-24)20-13-15-21(16-14-20)26(2,3)4;/h5-17,27H,1-4H3;1H. The molecule has 1 heterocycles. The first kappa shape index (κ1) is 20.9. The molecule has 3 aromatic rings. The largest absolute Gasteiger partial charge is 1.00 e. The van der Waals surface area contributed by atoms with Crippen LogP contribution in [0.3, 0.4) is 0 Å². The Labute approximate surface area is 179 Å². The average molecular weight is 403 g/mol. The third-order valence-corrected chi connectivity index (χ3v) is 5.18. The van der Waals surface area contributed by atoms with Crippen LogP contribution in [0.2, 0.25) is 0 Å². The van der Waals surface area contributed by atoms with Crippen molar-refractivity contribution in [3.05, 3.63) is 101 Å². The summed E-state index contributed by atoms with van der Waals surface area (Å²) < 4.78 is 0. The van der Waals surface area contributed by atoms with Crippen LogP contribution >= 0.6 is 0 Å². The summed E-state index contributed by atoms with van der Waals surface area (Å²) in [6.45, 7) is 8.85. The summed E-state index contributed by atoms with van der Waals surface area (Å²) in [5.41, 5.74) is 9.44. The van der Waals surface area contributed by atoms with Crippen molar-refractivity contribution >= 4 is 22.8 Å². The van der Waals surface area contributed by atoms with Crippen LogP contribution in [0.4, 0.5) is 11.4 Å². The second-order valence-electron chi connectivity index (χ2n) is 8.46. The van der Waals surface area contributed by atoms with E-state index in [-0.39, 0.29) is 17.8 Å². The number of benzene rings is 3. The van der Waals surface area contributed by atoms with Crippen LogP contribution in [0.15, 0.2) is 78.9 Å². The third-order valence-electron chi connectivity index (χ3n) is 5.18. The van der Waals surface area contributed by atoms with E-state index < -0.39 is 0 Å². The average Bonchev–Trinajstić information content (AvgIpc) is 2.88. The van der Waals surface area contributed by atoms with Crippen molar-refractivity contribution in [3.8, 4) is 0 Å². The molecule has 4 rings (SSSR count). The van der Waals surface area contributed by atoms with Gasteiger partial charge in [-0.2, -0.15) is 0 Å². The van der Waals surface area contributed by atoms with E-state index in [1.807, 2.05) is 0 Å². The Kier molecular flexibility index (Phi) is 5.95. The topological polar surface area (TPSA) is 26.0 Å². The van der Waals surface area contributed by atoms with Gasteiger partial charge in [0.2, 0.25) is 11.4 Å².